The molecule has 0 aliphatic rings. The van der Waals surface area contributed by atoms with Gasteiger partial charge in [0.1, 0.15) is 0 Å². The highest BCUT2D eigenvalue weighted by Crippen LogP contribution is 1.97. The normalized spacial score (nSPS) is 8.31. The van der Waals surface area contributed by atoms with Gasteiger partial charge in [0, 0.05) is 5.56 Å². The van der Waals surface area contributed by atoms with Gasteiger partial charge in [0.25, 0.3) is 10.3 Å². The summed E-state index contributed by atoms with van der Waals surface area (Å²) in [5.41, 5.74) is 0.748. The van der Waals surface area contributed by atoms with E-state index in [2.05, 4.69) is 0 Å². The predicted molar refractivity (Wildman–Crippen MR) is 58.4 cm³/mol. The third-order valence-electron chi connectivity index (χ3n) is 1.35. The lowest BCUT2D eigenvalue weighted by Gasteiger charge is -1.89. The monoisotopic (exact) mass is 243 g/mol. The fourth-order valence-electron chi connectivity index (χ4n) is 0.743. The standard InChI is InChI=1S/C8H8O.CHNO4S/c1-7(9)8-5-3-2-4-6-8;3-2(4)1-7(5)6/h2-6H,1H3;1H. The summed E-state index contributed by atoms with van der Waals surface area (Å²) in [5.74, 6) is 0.121. The van der Waals surface area contributed by atoms with Crippen molar-refractivity contribution in [2.24, 2.45) is 0 Å². The first kappa shape index (κ1) is 14.0. The third kappa shape index (κ3) is 7.39. The average molecular weight is 243 g/mol. The van der Waals surface area contributed by atoms with Crippen LogP contribution in [0.4, 0.5) is 0 Å². The molecule has 16 heavy (non-hydrogen) atoms. The molecule has 1 rings (SSSR count). The van der Waals surface area contributed by atoms with E-state index >= 15 is 0 Å². The first-order valence-corrected chi connectivity index (χ1v) is 5.20. The number of rotatable bonds is 2. The number of hydrogen-bond donors (Lipinski definition) is 0. The maximum absolute atomic E-state index is 10.6. The quantitative estimate of drug-likeness (QED) is 0.331. The van der Waals surface area contributed by atoms with Crippen LogP contribution in [0.1, 0.15) is 17.3 Å². The van der Waals surface area contributed by atoms with Gasteiger partial charge in [-0.25, -0.2) is 0 Å². The summed E-state index contributed by atoms with van der Waals surface area (Å²) >= 11 is 0. The Labute approximate surface area is 93.2 Å². The molecule has 1 aromatic carbocycles. The molecular formula is C9H9NO5S. The van der Waals surface area contributed by atoms with Crippen molar-refractivity contribution in [1.82, 2.24) is 0 Å². The van der Waals surface area contributed by atoms with Gasteiger partial charge in [0.05, 0.1) is 4.92 Å². The fourth-order valence-corrected chi connectivity index (χ4v) is 0.884. The van der Waals surface area contributed by atoms with Gasteiger partial charge in [0.2, 0.25) is 0 Å². The lowest BCUT2D eigenvalue weighted by Crippen LogP contribution is -1.91. The largest absolute Gasteiger partial charge is 0.351 e. The summed E-state index contributed by atoms with van der Waals surface area (Å²) < 4.78 is 18.6. The van der Waals surface area contributed by atoms with Gasteiger partial charge >= 0.3 is 5.49 Å². The molecule has 0 radical (unpaired) electrons. The topological polar surface area (TPSA) is 94.3 Å². The Morgan fingerprint density at radius 3 is 2.00 bits per heavy atom. The molecule has 0 bridgehead atoms. The molecule has 0 fully saturated rings. The van der Waals surface area contributed by atoms with Crippen molar-refractivity contribution >= 4 is 21.6 Å². The minimum atomic E-state index is -2.67. The molecule has 0 spiro atoms. The molecule has 0 aliphatic heterocycles. The van der Waals surface area contributed by atoms with E-state index in [9.17, 15) is 13.2 Å². The molecule has 0 saturated carbocycles. The number of ketones is 1. The van der Waals surface area contributed by atoms with Gasteiger partial charge in [-0.1, -0.05) is 30.3 Å². The van der Waals surface area contributed by atoms with Crippen LogP contribution in [0, 0.1) is 10.1 Å². The van der Waals surface area contributed by atoms with Crippen LogP contribution in [0.5, 0.6) is 0 Å². The van der Waals surface area contributed by atoms with E-state index in [1.165, 1.54) is 0 Å². The molecule has 0 atom stereocenters. The van der Waals surface area contributed by atoms with Crippen LogP contribution in [0.15, 0.2) is 30.3 Å². The van der Waals surface area contributed by atoms with E-state index in [0.29, 0.717) is 0 Å². The van der Waals surface area contributed by atoms with E-state index in [0.717, 1.165) is 5.56 Å². The second-order valence-corrected chi connectivity index (χ2v) is 3.31. The van der Waals surface area contributed by atoms with Crippen LogP contribution < -0.4 is 0 Å². The Morgan fingerprint density at radius 2 is 1.81 bits per heavy atom. The molecule has 86 valence electrons. The summed E-state index contributed by atoms with van der Waals surface area (Å²) in [6.07, 6.45) is 0. The summed E-state index contributed by atoms with van der Waals surface area (Å²) in [6, 6.07) is 9.23. The number of Topliss-reactive ketones (excluding diaryl/α,β-unsaturated/α-hetero) is 1. The van der Waals surface area contributed by atoms with E-state index in [1.807, 2.05) is 30.3 Å². The molecule has 0 aromatic heterocycles. The minimum Gasteiger partial charge on any atom is -0.295 e. The van der Waals surface area contributed by atoms with Crippen LogP contribution >= 0.6 is 0 Å². The lowest BCUT2D eigenvalue weighted by molar-refractivity contribution is -0.334. The van der Waals surface area contributed by atoms with Gasteiger partial charge in [-0.15, -0.1) is 0 Å². The van der Waals surface area contributed by atoms with Crippen LogP contribution in [-0.4, -0.2) is 24.6 Å². The molecule has 0 aliphatic carbocycles. The maximum atomic E-state index is 10.6. The molecule has 0 N–H and O–H groups in total. The number of hydrogen-bond acceptors (Lipinski definition) is 5. The van der Waals surface area contributed by atoms with E-state index < -0.39 is 15.2 Å². The van der Waals surface area contributed by atoms with Crippen molar-refractivity contribution in [3.05, 3.63) is 46.0 Å². The number of nitro groups is 1. The lowest BCUT2D eigenvalue weighted by atomic mass is 10.2. The highest BCUT2D eigenvalue weighted by molar-refractivity contribution is 7.71. The van der Waals surface area contributed by atoms with Crippen molar-refractivity contribution in [3.63, 3.8) is 0 Å². The van der Waals surface area contributed by atoms with Gasteiger partial charge in [0.15, 0.2) is 5.78 Å². The number of carbonyl (C=O) groups excluding carboxylic acids is 1. The molecule has 7 heteroatoms. The zero-order chi connectivity index (χ0) is 12.6. The van der Waals surface area contributed by atoms with Crippen LogP contribution in [-0.2, 0) is 10.3 Å². The predicted octanol–water partition coefficient (Wildman–Crippen LogP) is 0.791. The van der Waals surface area contributed by atoms with E-state index in [-0.39, 0.29) is 11.3 Å². The average Bonchev–Trinajstić information content (AvgIpc) is 2.17. The molecular weight excluding hydrogens is 234 g/mol. The minimum absolute atomic E-state index is 0.0278. The molecule has 6 nitrogen and oxygen atoms in total. The zero-order valence-corrected chi connectivity index (χ0v) is 9.18. The zero-order valence-electron chi connectivity index (χ0n) is 8.36. The molecule has 0 amide bonds. The molecule has 0 unspecified atom stereocenters. The number of carbonyl (C=O) groups is 1. The Bertz CT molecular complexity index is 484. The summed E-state index contributed by atoms with van der Waals surface area (Å²) in [7, 11) is -2.67. The van der Waals surface area contributed by atoms with Gasteiger partial charge < -0.3 is 0 Å². The Balaban J connectivity index is 0.000000293. The second kappa shape index (κ2) is 7.30. The van der Waals surface area contributed by atoms with Crippen molar-refractivity contribution in [2.75, 3.05) is 0 Å². The molecule has 0 heterocycles. The first-order valence-electron chi connectivity index (χ1n) is 4.06. The van der Waals surface area contributed by atoms with Crippen molar-refractivity contribution < 1.29 is 18.1 Å². The number of nitrogens with zero attached hydrogens (tertiary/aromatic N) is 1. The van der Waals surface area contributed by atoms with E-state index in [4.69, 9.17) is 10.1 Å². The molecule has 1 aromatic rings. The summed E-state index contributed by atoms with van der Waals surface area (Å²) in [6.45, 7) is 1.56. The summed E-state index contributed by atoms with van der Waals surface area (Å²) in [5, 5.41) is 9.17. The first-order chi connectivity index (χ1) is 7.43. The van der Waals surface area contributed by atoms with Gasteiger partial charge in [-0.3, -0.25) is 14.9 Å². The van der Waals surface area contributed by atoms with Gasteiger partial charge in [-0.2, -0.15) is 8.42 Å². The van der Waals surface area contributed by atoms with Gasteiger partial charge in [-0.05, 0) is 6.92 Å². The third-order valence-corrected chi connectivity index (χ3v) is 1.70. The van der Waals surface area contributed by atoms with Crippen LogP contribution in [0.3, 0.4) is 0 Å². The van der Waals surface area contributed by atoms with Crippen LogP contribution in [0.2, 0.25) is 0 Å². The highest BCUT2D eigenvalue weighted by Gasteiger charge is 1.92. The maximum Gasteiger partial charge on any atom is 0.351 e. The Hall–Kier alpha value is -2.02. The van der Waals surface area contributed by atoms with Crippen molar-refractivity contribution in [2.45, 2.75) is 6.92 Å². The van der Waals surface area contributed by atoms with Crippen molar-refractivity contribution in [1.29, 1.82) is 0 Å². The van der Waals surface area contributed by atoms with Crippen LogP contribution in [0.25, 0.3) is 0 Å². The second-order valence-electron chi connectivity index (χ2n) is 2.57. The fraction of sp³-hybridized carbons (Fsp3) is 0.111. The Kier molecular flexibility index (Phi) is 6.37. The Morgan fingerprint density at radius 1 is 1.31 bits per heavy atom. The summed E-state index contributed by atoms with van der Waals surface area (Å²) in [4.78, 5) is 18.8. The van der Waals surface area contributed by atoms with E-state index in [1.54, 1.807) is 6.92 Å². The SMILES string of the molecule is CC(=O)c1ccccc1.O=[N+]([O-])C=S(=O)=O. The molecule has 0 saturated heterocycles. The van der Waals surface area contributed by atoms with Crippen molar-refractivity contribution in [3.8, 4) is 0 Å². The number of benzene rings is 1. The smallest absolute Gasteiger partial charge is 0.295 e. The highest BCUT2D eigenvalue weighted by atomic mass is 32.2.